The van der Waals surface area contributed by atoms with Crippen LogP contribution in [0.25, 0.3) is 90.4 Å². The Morgan fingerprint density at radius 3 is 1.88 bits per heavy atom. The zero-order chi connectivity index (χ0) is 27.4. The van der Waals surface area contributed by atoms with Crippen LogP contribution in [-0.2, 0) is 0 Å². The first kappa shape index (κ1) is 22.7. The van der Waals surface area contributed by atoms with E-state index in [4.69, 9.17) is 9.40 Å². The SMILES string of the molecule is c1ccc2c(c1)sc1c(-n3c4ccccc4c4ccccc43)ccc(-c3nc4ccc5sc6ccccc6c5c4o3)c12. The van der Waals surface area contributed by atoms with Crippen LogP contribution in [-0.4, -0.2) is 9.55 Å². The molecule has 0 unspecified atom stereocenters. The van der Waals surface area contributed by atoms with Crippen molar-refractivity contribution in [1.29, 1.82) is 0 Å². The fourth-order valence-corrected chi connectivity index (χ4v) is 9.00. The average molecular weight is 573 g/mol. The van der Waals surface area contributed by atoms with Gasteiger partial charge in [0.15, 0.2) is 5.58 Å². The molecule has 0 aliphatic rings. The molecule has 4 heterocycles. The predicted octanol–water partition coefficient (Wildman–Crippen LogP) is 11.3. The Labute approximate surface area is 247 Å². The van der Waals surface area contributed by atoms with E-state index in [0.717, 1.165) is 22.0 Å². The van der Waals surface area contributed by atoms with Gasteiger partial charge in [-0.15, -0.1) is 22.7 Å². The third kappa shape index (κ3) is 2.96. The highest BCUT2D eigenvalue weighted by atomic mass is 32.1. The molecule has 0 fully saturated rings. The predicted molar refractivity (Wildman–Crippen MR) is 180 cm³/mol. The van der Waals surface area contributed by atoms with Crippen LogP contribution in [0, 0.1) is 0 Å². The van der Waals surface area contributed by atoms with Gasteiger partial charge in [0.1, 0.15) is 5.52 Å². The van der Waals surface area contributed by atoms with Gasteiger partial charge >= 0.3 is 0 Å². The highest BCUT2D eigenvalue weighted by Crippen LogP contribution is 2.46. The van der Waals surface area contributed by atoms with Gasteiger partial charge in [0.25, 0.3) is 0 Å². The Morgan fingerprint density at radius 2 is 1.14 bits per heavy atom. The normalized spacial score (nSPS) is 12.3. The minimum absolute atomic E-state index is 0.662. The van der Waals surface area contributed by atoms with Gasteiger partial charge in [-0.3, -0.25) is 0 Å². The maximum Gasteiger partial charge on any atom is 0.228 e. The number of hydrogen-bond donors (Lipinski definition) is 0. The molecule has 5 heteroatoms. The third-order valence-electron chi connectivity index (χ3n) is 8.45. The van der Waals surface area contributed by atoms with E-state index >= 15 is 0 Å². The molecule has 3 nitrogen and oxygen atoms in total. The van der Waals surface area contributed by atoms with Crippen molar-refractivity contribution in [3.63, 3.8) is 0 Å². The van der Waals surface area contributed by atoms with Gasteiger partial charge in [0.05, 0.1) is 21.4 Å². The first-order chi connectivity index (χ1) is 20.8. The summed E-state index contributed by atoms with van der Waals surface area (Å²) in [6.07, 6.45) is 0. The topological polar surface area (TPSA) is 31.0 Å². The van der Waals surface area contributed by atoms with E-state index in [2.05, 4.69) is 126 Å². The Balaban J connectivity index is 1.31. The molecule has 0 bridgehead atoms. The fraction of sp³-hybridized carbons (Fsp3) is 0. The quantitative estimate of drug-likeness (QED) is 0.206. The summed E-state index contributed by atoms with van der Waals surface area (Å²) in [5, 5.41) is 7.31. The summed E-state index contributed by atoms with van der Waals surface area (Å²) in [4.78, 5) is 5.08. The maximum absolute atomic E-state index is 6.72. The lowest BCUT2D eigenvalue weighted by Gasteiger charge is -2.11. The smallest absolute Gasteiger partial charge is 0.228 e. The summed E-state index contributed by atoms with van der Waals surface area (Å²) < 4.78 is 14.1. The van der Waals surface area contributed by atoms with Gasteiger partial charge in [-0.05, 0) is 48.5 Å². The van der Waals surface area contributed by atoms with Crippen molar-refractivity contribution in [2.75, 3.05) is 0 Å². The first-order valence-corrected chi connectivity index (χ1v) is 15.6. The van der Waals surface area contributed by atoms with E-state index in [9.17, 15) is 0 Å². The van der Waals surface area contributed by atoms with E-state index < -0.39 is 0 Å². The molecule has 0 aliphatic heterocycles. The van der Waals surface area contributed by atoms with Gasteiger partial charge in [-0.2, -0.15) is 0 Å². The number of rotatable bonds is 2. The summed E-state index contributed by atoms with van der Waals surface area (Å²) >= 11 is 3.64. The molecule has 4 aromatic heterocycles. The van der Waals surface area contributed by atoms with Crippen molar-refractivity contribution in [2.45, 2.75) is 0 Å². The largest absolute Gasteiger partial charge is 0.435 e. The molecule has 196 valence electrons. The molecular weight excluding hydrogens is 553 g/mol. The lowest BCUT2D eigenvalue weighted by molar-refractivity contribution is 0.624. The summed E-state index contributed by atoms with van der Waals surface area (Å²) in [7, 11) is 0. The zero-order valence-electron chi connectivity index (χ0n) is 22.2. The number of nitrogens with zero attached hydrogens (tertiary/aromatic N) is 2. The van der Waals surface area contributed by atoms with E-state index in [1.165, 1.54) is 62.5 Å². The first-order valence-electron chi connectivity index (χ1n) is 14.0. The van der Waals surface area contributed by atoms with Crippen LogP contribution >= 0.6 is 22.7 Å². The second-order valence-electron chi connectivity index (χ2n) is 10.7. The van der Waals surface area contributed by atoms with E-state index in [-0.39, 0.29) is 0 Å². The molecule has 0 saturated carbocycles. The molecule has 0 saturated heterocycles. The molecular formula is C37H20N2OS2. The maximum atomic E-state index is 6.72. The van der Waals surface area contributed by atoms with Crippen molar-refractivity contribution in [3.05, 3.63) is 121 Å². The van der Waals surface area contributed by atoms with Crippen LogP contribution < -0.4 is 0 Å². The molecule has 42 heavy (non-hydrogen) atoms. The van der Waals surface area contributed by atoms with Crippen LogP contribution in [0.3, 0.4) is 0 Å². The molecule has 10 aromatic rings. The van der Waals surface area contributed by atoms with Crippen LogP contribution in [0.1, 0.15) is 0 Å². The Morgan fingerprint density at radius 1 is 0.524 bits per heavy atom. The number of fused-ring (bicyclic) bond motifs is 11. The van der Waals surface area contributed by atoms with Gasteiger partial charge in [-0.1, -0.05) is 72.8 Å². The number of thiophene rings is 2. The van der Waals surface area contributed by atoms with E-state index in [1.807, 2.05) is 11.3 Å². The van der Waals surface area contributed by atoms with Crippen LogP contribution in [0.4, 0.5) is 0 Å². The second kappa shape index (κ2) is 8.29. The zero-order valence-corrected chi connectivity index (χ0v) is 23.8. The van der Waals surface area contributed by atoms with Crippen molar-refractivity contribution in [3.8, 4) is 17.1 Å². The Bertz CT molecular complexity index is 2650. The average Bonchev–Trinajstić information content (AvgIpc) is 3.80. The standard InChI is InChI=1S/C37H20N2OS2/c1-5-13-27-21(9-1)22-10-2-6-14-28(22)39(27)29-19-17-25(33-23-11-3-8-16-31(23)42-36(29)33)37-38-26-18-20-32-34(35(26)40-37)24-12-4-7-15-30(24)41-32/h1-20H. The molecule has 0 N–H and O–H groups in total. The van der Waals surface area contributed by atoms with E-state index in [0.29, 0.717) is 5.89 Å². The van der Waals surface area contributed by atoms with E-state index in [1.54, 1.807) is 11.3 Å². The minimum Gasteiger partial charge on any atom is -0.435 e. The van der Waals surface area contributed by atoms with Gasteiger partial charge in [0, 0.05) is 52.0 Å². The highest BCUT2D eigenvalue weighted by Gasteiger charge is 2.22. The fourth-order valence-electron chi connectivity index (χ4n) is 6.66. The Kier molecular flexibility index (Phi) is 4.48. The summed E-state index contributed by atoms with van der Waals surface area (Å²) in [5.41, 5.74) is 6.36. The number of benzene rings is 6. The van der Waals surface area contributed by atoms with Crippen molar-refractivity contribution < 1.29 is 4.42 Å². The minimum atomic E-state index is 0.662. The van der Waals surface area contributed by atoms with Crippen LogP contribution in [0.2, 0.25) is 0 Å². The van der Waals surface area contributed by atoms with Crippen molar-refractivity contribution in [2.24, 2.45) is 0 Å². The molecule has 0 atom stereocenters. The number of hydrogen-bond acceptors (Lipinski definition) is 4. The molecule has 0 aliphatic carbocycles. The summed E-state index contributed by atoms with van der Waals surface area (Å²) in [6, 6.07) is 43.3. The molecule has 10 rings (SSSR count). The monoisotopic (exact) mass is 572 g/mol. The number of para-hydroxylation sites is 2. The van der Waals surface area contributed by atoms with Crippen LogP contribution in [0.15, 0.2) is 126 Å². The summed E-state index contributed by atoms with van der Waals surface area (Å²) in [5.74, 6) is 0.662. The number of aromatic nitrogens is 2. The van der Waals surface area contributed by atoms with Gasteiger partial charge in [0.2, 0.25) is 5.89 Å². The highest BCUT2D eigenvalue weighted by molar-refractivity contribution is 7.26. The van der Waals surface area contributed by atoms with Crippen molar-refractivity contribution >= 4 is 95.9 Å². The van der Waals surface area contributed by atoms with Crippen LogP contribution in [0.5, 0.6) is 0 Å². The molecule has 6 aromatic carbocycles. The van der Waals surface area contributed by atoms with Crippen molar-refractivity contribution in [1.82, 2.24) is 9.55 Å². The van der Waals surface area contributed by atoms with Gasteiger partial charge < -0.3 is 8.98 Å². The molecule has 0 spiro atoms. The Hall–Kier alpha value is -4.97. The van der Waals surface area contributed by atoms with Gasteiger partial charge in [-0.25, -0.2) is 4.98 Å². The molecule has 0 radical (unpaired) electrons. The third-order valence-corrected chi connectivity index (χ3v) is 10.8. The lowest BCUT2D eigenvalue weighted by Crippen LogP contribution is -1.94. The molecule has 0 amide bonds. The summed E-state index contributed by atoms with van der Waals surface area (Å²) in [6.45, 7) is 0. The lowest BCUT2D eigenvalue weighted by atomic mass is 10.0. The second-order valence-corrected chi connectivity index (χ2v) is 12.8. The number of oxazole rings is 1.